The zero-order valence-corrected chi connectivity index (χ0v) is 18.3. The number of H-pyrrole nitrogens is 1. The largest absolute Gasteiger partial charge is 0.481 e. The highest BCUT2D eigenvalue weighted by Crippen LogP contribution is 2.05. The summed E-state index contributed by atoms with van der Waals surface area (Å²) in [5, 5.41) is 33.9. The number of hydrogen-bond acceptors (Lipinski definition) is 8. The van der Waals surface area contributed by atoms with Gasteiger partial charge in [0, 0.05) is 31.2 Å². The Labute approximate surface area is 193 Å². The fourth-order valence-electron chi connectivity index (χ4n) is 2.74. The van der Waals surface area contributed by atoms with Gasteiger partial charge in [0.2, 0.25) is 17.7 Å². The number of carbonyl (C=O) groups excluding carboxylic acids is 3. The Kier molecular flexibility index (Phi) is 11.1. The first-order valence-electron chi connectivity index (χ1n) is 10.2. The minimum absolute atomic E-state index is 0.157. The van der Waals surface area contributed by atoms with E-state index in [2.05, 4.69) is 25.9 Å². The third-order valence-corrected chi connectivity index (χ3v) is 4.57. The van der Waals surface area contributed by atoms with Gasteiger partial charge in [-0.3, -0.25) is 24.0 Å². The number of aromatic nitrogens is 2. The fourth-order valence-corrected chi connectivity index (χ4v) is 2.74. The smallest absolute Gasteiger partial charge is 0.326 e. The van der Waals surface area contributed by atoms with E-state index >= 15 is 0 Å². The second-order valence-corrected chi connectivity index (χ2v) is 7.46. The van der Waals surface area contributed by atoms with E-state index in [0.29, 0.717) is 5.69 Å². The molecule has 15 nitrogen and oxygen atoms in total. The van der Waals surface area contributed by atoms with Gasteiger partial charge in [0.25, 0.3) is 0 Å². The van der Waals surface area contributed by atoms with E-state index in [1.807, 2.05) is 0 Å². The molecule has 0 saturated heterocycles. The van der Waals surface area contributed by atoms with Gasteiger partial charge >= 0.3 is 17.9 Å². The summed E-state index contributed by atoms with van der Waals surface area (Å²) in [5.74, 6) is -6.50. The van der Waals surface area contributed by atoms with Crippen LogP contribution in [0.2, 0.25) is 0 Å². The predicted molar refractivity (Wildman–Crippen MR) is 113 cm³/mol. The van der Waals surface area contributed by atoms with Crippen molar-refractivity contribution in [2.45, 2.75) is 63.2 Å². The molecule has 0 aliphatic heterocycles. The number of hydrogen-bond donors (Lipinski definition) is 8. The van der Waals surface area contributed by atoms with E-state index in [1.165, 1.54) is 19.4 Å². The third kappa shape index (κ3) is 10.1. The molecule has 1 heterocycles. The second-order valence-electron chi connectivity index (χ2n) is 7.46. The summed E-state index contributed by atoms with van der Waals surface area (Å²) >= 11 is 0. The lowest BCUT2D eigenvalue weighted by atomic mass is 10.1. The summed E-state index contributed by atoms with van der Waals surface area (Å²) in [6.07, 6.45) is 0.847. The number of carboxylic acids is 3. The van der Waals surface area contributed by atoms with Crippen LogP contribution in [-0.4, -0.2) is 85.1 Å². The SMILES string of the molecule is CC(N)C(=O)NC(CCC(=O)O)C(=O)NC(Cc1cnc[nH]1)C(=O)NC(CCC(=O)O)C(=O)O. The molecule has 0 aromatic carbocycles. The summed E-state index contributed by atoms with van der Waals surface area (Å²) in [4.78, 5) is 77.3. The molecule has 3 amide bonds. The van der Waals surface area contributed by atoms with Crippen molar-refractivity contribution in [2.24, 2.45) is 5.73 Å². The minimum Gasteiger partial charge on any atom is -0.481 e. The number of nitrogens with two attached hydrogens (primary N) is 1. The van der Waals surface area contributed by atoms with Crippen LogP contribution in [-0.2, 0) is 35.2 Å². The lowest BCUT2D eigenvalue weighted by Gasteiger charge is -2.24. The number of aliphatic carboxylic acids is 3. The number of carboxylic acid groups (broad SMARTS) is 3. The first-order chi connectivity index (χ1) is 15.9. The lowest BCUT2D eigenvalue weighted by Crippen LogP contribution is -2.57. The highest BCUT2D eigenvalue weighted by atomic mass is 16.4. The van der Waals surface area contributed by atoms with Gasteiger partial charge in [-0.1, -0.05) is 0 Å². The molecule has 0 fully saturated rings. The molecular weight excluding hydrogens is 456 g/mol. The zero-order chi connectivity index (χ0) is 25.8. The molecule has 0 bridgehead atoms. The number of aromatic amines is 1. The van der Waals surface area contributed by atoms with Gasteiger partial charge in [0.15, 0.2) is 0 Å². The van der Waals surface area contributed by atoms with E-state index in [0.717, 1.165) is 0 Å². The molecule has 0 saturated carbocycles. The van der Waals surface area contributed by atoms with Crippen LogP contribution >= 0.6 is 0 Å². The second kappa shape index (κ2) is 13.5. The predicted octanol–water partition coefficient (Wildman–Crippen LogP) is -2.43. The van der Waals surface area contributed by atoms with Crippen LogP contribution < -0.4 is 21.7 Å². The summed E-state index contributed by atoms with van der Waals surface area (Å²) in [6, 6.07) is -5.23. The fraction of sp³-hybridized carbons (Fsp3) is 0.526. The van der Waals surface area contributed by atoms with Crippen LogP contribution in [0.25, 0.3) is 0 Å². The Hall–Kier alpha value is -4.01. The van der Waals surface area contributed by atoms with Crippen molar-refractivity contribution in [3.05, 3.63) is 18.2 Å². The normalized spacial score (nSPS) is 14.2. The standard InChI is InChI=1S/C19H28N6O9/c1-9(20)16(30)23-11(2-4-14(26)27)17(31)25-13(6-10-7-21-8-22-10)18(32)24-12(19(33)34)3-5-15(28)29/h7-9,11-13H,2-6,20H2,1H3,(H,21,22)(H,23,30)(H,24,32)(H,25,31)(H,26,27)(H,28,29)(H,33,34). The number of amides is 3. The Morgan fingerprint density at radius 3 is 1.85 bits per heavy atom. The lowest BCUT2D eigenvalue weighted by molar-refractivity contribution is -0.143. The van der Waals surface area contributed by atoms with Gasteiger partial charge in [-0.2, -0.15) is 0 Å². The van der Waals surface area contributed by atoms with Crippen LogP contribution in [0.4, 0.5) is 0 Å². The number of nitrogens with one attached hydrogen (secondary N) is 4. The summed E-state index contributed by atoms with van der Waals surface area (Å²) < 4.78 is 0. The molecule has 4 unspecified atom stereocenters. The highest BCUT2D eigenvalue weighted by molar-refractivity contribution is 5.94. The van der Waals surface area contributed by atoms with Crippen molar-refractivity contribution in [3.8, 4) is 0 Å². The van der Waals surface area contributed by atoms with Gasteiger partial charge in [-0.15, -0.1) is 0 Å². The van der Waals surface area contributed by atoms with Crippen LogP contribution in [0.1, 0.15) is 38.3 Å². The Balaban J connectivity index is 3.05. The van der Waals surface area contributed by atoms with Gasteiger partial charge in [0.05, 0.1) is 12.4 Å². The maximum Gasteiger partial charge on any atom is 0.326 e. The number of nitrogens with zero attached hydrogens (tertiary/aromatic N) is 1. The van der Waals surface area contributed by atoms with E-state index in [1.54, 1.807) is 0 Å². The van der Waals surface area contributed by atoms with Crippen LogP contribution in [0, 0.1) is 0 Å². The summed E-state index contributed by atoms with van der Waals surface area (Å²) in [5.41, 5.74) is 5.88. The van der Waals surface area contributed by atoms with Crippen molar-refractivity contribution in [2.75, 3.05) is 0 Å². The summed E-state index contributed by atoms with van der Waals surface area (Å²) in [6.45, 7) is 1.36. The molecule has 9 N–H and O–H groups in total. The quantitative estimate of drug-likeness (QED) is 0.130. The number of imidazole rings is 1. The van der Waals surface area contributed by atoms with Gasteiger partial charge in [-0.05, 0) is 19.8 Å². The van der Waals surface area contributed by atoms with E-state index in [-0.39, 0.29) is 12.8 Å². The Bertz CT molecular complexity index is 887. The van der Waals surface area contributed by atoms with Crippen molar-refractivity contribution in [3.63, 3.8) is 0 Å². The maximum absolute atomic E-state index is 12.8. The van der Waals surface area contributed by atoms with E-state index in [4.69, 9.17) is 15.9 Å². The Morgan fingerprint density at radius 1 is 0.882 bits per heavy atom. The zero-order valence-electron chi connectivity index (χ0n) is 18.3. The highest BCUT2D eigenvalue weighted by Gasteiger charge is 2.30. The van der Waals surface area contributed by atoms with Gasteiger partial charge in [-0.25, -0.2) is 9.78 Å². The topological polar surface area (TPSA) is 254 Å². The van der Waals surface area contributed by atoms with E-state index < -0.39 is 79.1 Å². The third-order valence-electron chi connectivity index (χ3n) is 4.57. The molecule has 34 heavy (non-hydrogen) atoms. The molecule has 15 heteroatoms. The number of carbonyl (C=O) groups is 6. The average molecular weight is 484 g/mol. The molecule has 1 aromatic heterocycles. The van der Waals surface area contributed by atoms with Crippen LogP contribution in [0.5, 0.6) is 0 Å². The van der Waals surface area contributed by atoms with Crippen LogP contribution in [0.3, 0.4) is 0 Å². The molecule has 1 aromatic rings. The monoisotopic (exact) mass is 484 g/mol. The van der Waals surface area contributed by atoms with Crippen molar-refractivity contribution < 1.29 is 44.1 Å². The van der Waals surface area contributed by atoms with E-state index in [9.17, 15) is 33.9 Å². The molecule has 1 rings (SSSR count). The molecular formula is C19H28N6O9. The minimum atomic E-state index is -1.54. The van der Waals surface area contributed by atoms with Gasteiger partial charge < -0.3 is 42.0 Å². The van der Waals surface area contributed by atoms with Crippen molar-refractivity contribution >= 4 is 35.6 Å². The number of rotatable bonds is 15. The van der Waals surface area contributed by atoms with Crippen LogP contribution in [0.15, 0.2) is 12.5 Å². The Morgan fingerprint density at radius 2 is 1.38 bits per heavy atom. The van der Waals surface area contributed by atoms with Gasteiger partial charge in [0.1, 0.15) is 18.1 Å². The summed E-state index contributed by atoms with van der Waals surface area (Å²) in [7, 11) is 0. The molecule has 0 aliphatic carbocycles. The first kappa shape index (κ1) is 28.0. The molecule has 0 radical (unpaired) electrons. The van der Waals surface area contributed by atoms with Crippen molar-refractivity contribution in [1.29, 1.82) is 0 Å². The first-order valence-corrected chi connectivity index (χ1v) is 10.2. The van der Waals surface area contributed by atoms with Crippen molar-refractivity contribution in [1.82, 2.24) is 25.9 Å². The maximum atomic E-state index is 12.8. The molecule has 188 valence electrons. The molecule has 4 atom stereocenters. The molecule has 0 spiro atoms. The average Bonchev–Trinajstić information content (AvgIpc) is 3.25. The molecule has 0 aliphatic rings.